The number of nitriles is 1. The van der Waals surface area contributed by atoms with Crippen molar-refractivity contribution in [3.63, 3.8) is 0 Å². The zero-order chi connectivity index (χ0) is 16.7. The maximum Gasteiger partial charge on any atom is 0.282 e. The summed E-state index contributed by atoms with van der Waals surface area (Å²) in [5.74, 6) is -0.317. The van der Waals surface area contributed by atoms with Crippen LogP contribution in [0.25, 0.3) is 0 Å². The Morgan fingerprint density at radius 3 is 2.50 bits per heavy atom. The first kappa shape index (κ1) is 17.7. The molecule has 118 valence electrons. The molecule has 2 atom stereocenters. The number of hydrogen-bond acceptors (Lipinski definition) is 3. The summed E-state index contributed by atoms with van der Waals surface area (Å²) in [6.07, 6.45) is 0. The van der Waals surface area contributed by atoms with E-state index in [1.54, 1.807) is 38.2 Å². The van der Waals surface area contributed by atoms with Gasteiger partial charge in [0.1, 0.15) is 6.07 Å². The van der Waals surface area contributed by atoms with Gasteiger partial charge in [0, 0.05) is 6.04 Å². The van der Waals surface area contributed by atoms with Crippen molar-refractivity contribution >= 4 is 17.5 Å². The molecule has 0 fully saturated rings. The van der Waals surface area contributed by atoms with Gasteiger partial charge in [0.25, 0.3) is 11.8 Å². The van der Waals surface area contributed by atoms with Gasteiger partial charge in [0.15, 0.2) is 12.6 Å². The second-order valence-electron chi connectivity index (χ2n) is 5.61. The SMILES string of the molecule is CC(C)NC(=O)C[NH+](C)[C@@H](C)C(=O)Nc1ccccc1C#N. The van der Waals surface area contributed by atoms with Gasteiger partial charge in [0.05, 0.1) is 18.3 Å². The minimum absolute atomic E-state index is 0.0759. The third-order valence-electron chi connectivity index (χ3n) is 3.33. The number of nitrogens with zero attached hydrogens (tertiary/aromatic N) is 1. The molecular weight excluding hydrogens is 280 g/mol. The van der Waals surface area contributed by atoms with Crippen LogP contribution in [0.2, 0.25) is 0 Å². The number of benzene rings is 1. The lowest BCUT2D eigenvalue weighted by molar-refractivity contribution is -0.885. The number of carbonyl (C=O) groups is 2. The molecule has 0 bridgehead atoms. The maximum absolute atomic E-state index is 12.3. The van der Waals surface area contributed by atoms with Gasteiger partial charge in [-0.2, -0.15) is 5.26 Å². The molecular formula is C16H23N4O2+. The van der Waals surface area contributed by atoms with Crippen molar-refractivity contribution in [2.75, 3.05) is 18.9 Å². The number of anilines is 1. The highest BCUT2D eigenvalue weighted by Gasteiger charge is 2.24. The average Bonchev–Trinajstić information content (AvgIpc) is 2.45. The number of hydrogen-bond donors (Lipinski definition) is 3. The van der Waals surface area contributed by atoms with Crippen LogP contribution >= 0.6 is 0 Å². The fourth-order valence-electron chi connectivity index (χ4n) is 1.93. The molecule has 0 saturated carbocycles. The first-order valence-corrected chi connectivity index (χ1v) is 7.26. The van der Waals surface area contributed by atoms with Gasteiger partial charge < -0.3 is 15.5 Å². The lowest BCUT2D eigenvalue weighted by Gasteiger charge is -2.21. The summed E-state index contributed by atoms with van der Waals surface area (Å²) in [6.45, 7) is 5.75. The van der Waals surface area contributed by atoms with Crippen molar-refractivity contribution in [1.82, 2.24) is 5.32 Å². The van der Waals surface area contributed by atoms with Crippen molar-refractivity contribution in [3.05, 3.63) is 29.8 Å². The number of likely N-dealkylation sites (N-methyl/N-ethyl adjacent to an activating group) is 1. The van der Waals surface area contributed by atoms with Crippen LogP contribution < -0.4 is 15.5 Å². The van der Waals surface area contributed by atoms with Crippen molar-refractivity contribution in [2.45, 2.75) is 32.9 Å². The fourth-order valence-corrected chi connectivity index (χ4v) is 1.93. The minimum Gasteiger partial charge on any atom is -0.349 e. The summed E-state index contributed by atoms with van der Waals surface area (Å²) >= 11 is 0. The molecule has 0 radical (unpaired) electrons. The monoisotopic (exact) mass is 303 g/mol. The zero-order valence-corrected chi connectivity index (χ0v) is 13.4. The van der Waals surface area contributed by atoms with Gasteiger partial charge >= 0.3 is 0 Å². The molecule has 1 aromatic carbocycles. The van der Waals surface area contributed by atoms with E-state index >= 15 is 0 Å². The van der Waals surface area contributed by atoms with Crippen LogP contribution in [-0.4, -0.2) is 37.5 Å². The van der Waals surface area contributed by atoms with Crippen LogP contribution in [0.15, 0.2) is 24.3 Å². The highest BCUT2D eigenvalue weighted by atomic mass is 16.2. The van der Waals surface area contributed by atoms with Gasteiger partial charge in [-0.3, -0.25) is 9.59 Å². The molecule has 0 aromatic heterocycles. The number of nitrogens with one attached hydrogen (secondary N) is 3. The van der Waals surface area contributed by atoms with Crippen LogP contribution in [0.1, 0.15) is 26.3 Å². The average molecular weight is 303 g/mol. The Bertz CT molecular complexity index is 578. The topological polar surface area (TPSA) is 86.4 Å². The lowest BCUT2D eigenvalue weighted by Crippen LogP contribution is -3.15. The summed E-state index contributed by atoms with van der Waals surface area (Å²) in [6, 6.07) is 8.53. The van der Waals surface area contributed by atoms with E-state index in [4.69, 9.17) is 5.26 Å². The van der Waals surface area contributed by atoms with Gasteiger partial charge in [-0.15, -0.1) is 0 Å². The Labute approximate surface area is 131 Å². The number of amides is 2. The molecule has 0 heterocycles. The summed E-state index contributed by atoms with van der Waals surface area (Å²) in [5.41, 5.74) is 0.902. The van der Waals surface area contributed by atoms with E-state index in [-0.39, 0.29) is 24.4 Å². The van der Waals surface area contributed by atoms with Gasteiger partial charge in [-0.05, 0) is 32.9 Å². The fraction of sp³-hybridized carbons (Fsp3) is 0.438. The van der Waals surface area contributed by atoms with Crippen LogP contribution in [0, 0.1) is 11.3 Å². The third-order valence-corrected chi connectivity index (χ3v) is 3.33. The molecule has 2 amide bonds. The maximum atomic E-state index is 12.3. The number of quaternary nitrogens is 1. The van der Waals surface area contributed by atoms with E-state index in [1.165, 1.54) is 0 Å². The van der Waals surface area contributed by atoms with E-state index in [0.717, 1.165) is 4.90 Å². The van der Waals surface area contributed by atoms with Gasteiger partial charge in [-0.25, -0.2) is 0 Å². The van der Waals surface area contributed by atoms with Crippen LogP contribution in [0.5, 0.6) is 0 Å². The number of carbonyl (C=O) groups excluding carboxylic acids is 2. The molecule has 0 saturated heterocycles. The first-order valence-electron chi connectivity index (χ1n) is 7.26. The second-order valence-corrected chi connectivity index (χ2v) is 5.61. The lowest BCUT2D eigenvalue weighted by atomic mass is 10.2. The second kappa shape index (κ2) is 8.15. The first-order chi connectivity index (χ1) is 10.3. The van der Waals surface area contributed by atoms with Gasteiger partial charge in [-0.1, -0.05) is 12.1 Å². The summed E-state index contributed by atoms with van der Waals surface area (Å²) in [4.78, 5) is 24.8. The molecule has 6 nitrogen and oxygen atoms in total. The molecule has 0 spiro atoms. The summed E-state index contributed by atoms with van der Waals surface area (Å²) in [5, 5.41) is 14.6. The number of rotatable bonds is 6. The Hall–Kier alpha value is -2.39. The van der Waals surface area contributed by atoms with Crippen molar-refractivity contribution in [2.24, 2.45) is 0 Å². The van der Waals surface area contributed by atoms with Crippen molar-refractivity contribution < 1.29 is 14.5 Å². The molecule has 0 aliphatic rings. The summed E-state index contributed by atoms with van der Waals surface area (Å²) in [7, 11) is 1.79. The minimum atomic E-state index is -0.412. The van der Waals surface area contributed by atoms with Crippen molar-refractivity contribution in [3.8, 4) is 6.07 Å². The van der Waals surface area contributed by atoms with Crippen LogP contribution in [-0.2, 0) is 9.59 Å². The molecule has 0 aliphatic heterocycles. The molecule has 22 heavy (non-hydrogen) atoms. The molecule has 1 rings (SSSR count). The highest BCUT2D eigenvalue weighted by Crippen LogP contribution is 2.13. The Morgan fingerprint density at radius 1 is 1.27 bits per heavy atom. The summed E-state index contributed by atoms with van der Waals surface area (Å²) < 4.78 is 0. The number of para-hydroxylation sites is 1. The Morgan fingerprint density at radius 2 is 1.91 bits per heavy atom. The molecule has 1 aromatic rings. The van der Waals surface area contributed by atoms with E-state index in [1.807, 2.05) is 19.9 Å². The predicted octanol–water partition coefficient (Wildman–Crippen LogP) is -0.0754. The largest absolute Gasteiger partial charge is 0.349 e. The third kappa shape index (κ3) is 5.19. The molecule has 3 N–H and O–H groups in total. The standard InChI is InChI=1S/C16H22N4O2/c1-11(2)18-15(21)10-20(4)12(3)16(22)19-14-8-6-5-7-13(14)9-17/h5-8,11-12H,10H2,1-4H3,(H,18,21)(H,19,22)/p+1/t12-/m0/s1. The van der Waals surface area contributed by atoms with Crippen LogP contribution in [0.3, 0.4) is 0 Å². The van der Waals surface area contributed by atoms with Gasteiger partial charge in [0.2, 0.25) is 0 Å². The normalized spacial score (nSPS) is 13.1. The molecule has 0 aliphatic carbocycles. The zero-order valence-electron chi connectivity index (χ0n) is 13.4. The van der Waals surface area contributed by atoms with E-state index in [9.17, 15) is 9.59 Å². The van der Waals surface area contributed by atoms with E-state index in [2.05, 4.69) is 10.6 Å². The Kier molecular flexibility index (Phi) is 6.54. The highest BCUT2D eigenvalue weighted by molar-refractivity contribution is 5.94. The van der Waals surface area contributed by atoms with E-state index in [0.29, 0.717) is 11.3 Å². The Balaban J connectivity index is 2.65. The smallest absolute Gasteiger partial charge is 0.282 e. The van der Waals surface area contributed by atoms with Crippen molar-refractivity contribution in [1.29, 1.82) is 5.26 Å². The van der Waals surface area contributed by atoms with E-state index < -0.39 is 6.04 Å². The molecule has 6 heteroatoms. The molecule has 1 unspecified atom stereocenters. The quantitative estimate of drug-likeness (QED) is 0.687. The van der Waals surface area contributed by atoms with Crippen LogP contribution in [0.4, 0.5) is 5.69 Å². The predicted molar refractivity (Wildman–Crippen MR) is 84.3 cm³/mol.